The summed E-state index contributed by atoms with van der Waals surface area (Å²) in [6.45, 7) is 4.28. The fourth-order valence-electron chi connectivity index (χ4n) is 5.60. The summed E-state index contributed by atoms with van der Waals surface area (Å²) in [5, 5.41) is 3.22. The first kappa shape index (κ1) is 22.7. The molecule has 3 aromatic heterocycles. The van der Waals surface area contributed by atoms with Crippen molar-refractivity contribution in [3.05, 3.63) is 53.3 Å². The standard InChI is InChI=1S/C27H34N4O3/c1-18-21(27(33)29-20-10-13-34-14-11-20)15-25(31(18)17-19-7-3-2-4-8-19)24-16-22(26(28)32)23-9-5-6-12-30(23)24/h5-6,9,12,15-16,19-20H,2-4,7-8,10-11,13-14,17H2,1H3,(H2,28,32)(H,29,33). The average molecular weight is 463 g/mol. The normalized spacial score (nSPS) is 17.8. The van der Waals surface area contributed by atoms with Gasteiger partial charge in [0.25, 0.3) is 11.8 Å². The van der Waals surface area contributed by atoms with Crippen molar-refractivity contribution in [2.45, 2.75) is 64.5 Å². The highest BCUT2D eigenvalue weighted by atomic mass is 16.5. The number of nitrogens with zero attached hydrogens (tertiary/aromatic N) is 2. The second-order valence-corrected chi connectivity index (χ2v) is 9.77. The van der Waals surface area contributed by atoms with Gasteiger partial charge in [0.15, 0.2) is 0 Å². The number of aromatic nitrogens is 2. The summed E-state index contributed by atoms with van der Waals surface area (Å²) < 4.78 is 9.74. The predicted molar refractivity (Wildman–Crippen MR) is 132 cm³/mol. The quantitative estimate of drug-likeness (QED) is 0.572. The highest BCUT2D eigenvalue weighted by Crippen LogP contribution is 2.33. The maximum absolute atomic E-state index is 13.4. The molecule has 180 valence electrons. The van der Waals surface area contributed by atoms with Crippen molar-refractivity contribution in [2.75, 3.05) is 13.2 Å². The first-order valence-corrected chi connectivity index (χ1v) is 12.5. The van der Waals surface area contributed by atoms with E-state index in [-0.39, 0.29) is 11.9 Å². The van der Waals surface area contributed by atoms with Crippen molar-refractivity contribution in [1.29, 1.82) is 0 Å². The summed E-state index contributed by atoms with van der Waals surface area (Å²) in [5.41, 5.74) is 10.5. The number of ether oxygens (including phenoxy) is 1. The van der Waals surface area contributed by atoms with Crippen LogP contribution in [0.4, 0.5) is 0 Å². The molecule has 1 aliphatic carbocycles. The van der Waals surface area contributed by atoms with Crippen LogP contribution in [0.1, 0.15) is 71.4 Å². The zero-order valence-corrected chi connectivity index (χ0v) is 19.9. The highest BCUT2D eigenvalue weighted by molar-refractivity contribution is 6.02. The second-order valence-electron chi connectivity index (χ2n) is 9.77. The Morgan fingerprint density at radius 1 is 1.03 bits per heavy atom. The number of nitrogens with one attached hydrogen (secondary N) is 1. The fraction of sp³-hybridized carbons (Fsp3) is 0.481. The van der Waals surface area contributed by atoms with Gasteiger partial charge in [0.2, 0.25) is 0 Å². The summed E-state index contributed by atoms with van der Waals surface area (Å²) in [5.74, 6) is 0.102. The van der Waals surface area contributed by atoms with Crippen molar-refractivity contribution < 1.29 is 14.3 Å². The van der Waals surface area contributed by atoms with E-state index in [0.717, 1.165) is 42.0 Å². The summed E-state index contributed by atoms with van der Waals surface area (Å²) in [6.07, 6.45) is 9.88. The summed E-state index contributed by atoms with van der Waals surface area (Å²) in [7, 11) is 0. The Balaban J connectivity index is 1.58. The Bertz CT molecular complexity index is 1200. The van der Waals surface area contributed by atoms with Crippen LogP contribution in [-0.2, 0) is 11.3 Å². The second kappa shape index (κ2) is 9.66. The molecule has 34 heavy (non-hydrogen) atoms. The van der Waals surface area contributed by atoms with Crippen LogP contribution in [0.2, 0.25) is 0 Å². The van der Waals surface area contributed by atoms with E-state index in [4.69, 9.17) is 10.5 Å². The maximum Gasteiger partial charge on any atom is 0.253 e. The minimum absolute atomic E-state index is 0.0379. The molecule has 0 spiro atoms. The number of hydrogen-bond acceptors (Lipinski definition) is 3. The molecule has 2 amide bonds. The van der Waals surface area contributed by atoms with Gasteiger partial charge in [-0.15, -0.1) is 0 Å². The fourth-order valence-corrected chi connectivity index (χ4v) is 5.60. The number of rotatable bonds is 6. The van der Waals surface area contributed by atoms with Crippen molar-refractivity contribution in [2.24, 2.45) is 11.7 Å². The SMILES string of the molecule is Cc1c(C(=O)NC2CCOCC2)cc(-c2cc(C(N)=O)c3ccccn23)n1CC1CCCCC1. The van der Waals surface area contributed by atoms with E-state index in [1.165, 1.54) is 32.1 Å². The molecule has 1 aliphatic heterocycles. The number of carbonyl (C=O) groups is 2. The van der Waals surface area contributed by atoms with Crippen LogP contribution in [0.25, 0.3) is 16.9 Å². The predicted octanol–water partition coefficient (Wildman–Crippen LogP) is 4.30. The van der Waals surface area contributed by atoms with E-state index in [9.17, 15) is 9.59 Å². The van der Waals surface area contributed by atoms with Gasteiger partial charge in [0.1, 0.15) is 0 Å². The third-order valence-electron chi connectivity index (χ3n) is 7.54. The summed E-state index contributed by atoms with van der Waals surface area (Å²) in [6, 6.07) is 9.76. The molecule has 2 fully saturated rings. The minimum Gasteiger partial charge on any atom is -0.381 e. The Kier molecular flexibility index (Phi) is 6.46. The third-order valence-corrected chi connectivity index (χ3v) is 7.54. The van der Waals surface area contributed by atoms with Crippen molar-refractivity contribution in [1.82, 2.24) is 14.3 Å². The van der Waals surface area contributed by atoms with Crippen molar-refractivity contribution >= 4 is 17.3 Å². The lowest BCUT2D eigenvalue weighted by Gasteiger charge is -2.24. The molecule has 5 rings (SSSR count). The monoisotopic (exact) mass is 462 g/mol. The van der Waals surface area contributed by atoms with Crippen LogP contribution >= 0.6 is 0 Å². The van der Waals surface area contributed by atoms with Crippen LogP contribution in [0.5, 0.6) is 0 Å². The minimum atomic E-state index is -0.449. The highest BCUT2D eigenvalue weighted by Gasteiger charge is 2.26. The zero-order valence-electron chi connectivity index (χ0n) is 19.9. The number of hydrogen-bond donors (Lipinski definition) is 2. The Hall–Kier alpha value is -3.06. The van der Waals surface area contributed by atoms with E-state index in [1.807, 2.05) is 47.9 Å². The molecule has 1 saturated carbocycles. The van der Waals surface area contributed by atoms with Gasteiger partial charge in [-0.1, -0.05) is 25.3 Å². The van der Waals surface area contributed by atoms with E-state index in [2.05, 4.69) is 9.88 Å². The van der Waals surface area contributed by atoms with E-state index >= 15 is 0 Å². The van der Waals surface area contributed by atoms with Gasteiger partial charge in [-0.05, 0) is 62.8 Å². The van der Waals surface area contributed by atoms with Gasteiger partial charge in [-0.25, -0.2) is 0 Å². The number of carbonyl (C=O) groups excluding carboxylic acids is 2. The molecular weight excluding hydrogens is 428 g/mol. The van der Waals surface area contributed by atoms with Gasteiger partial charge < -0.3 is 24.8 Å². The molecule has 2 aliphatic rings. The van der Waals surface area contributed by atoms with E-state index in [1.54, 1.807) is 0 Å². The molecule has 7 nitrogen and oxygen atoms in total. The number of nitrogens with two attached hydrogens (primary N) is 1. The third kappa shape index (κ3) is 4.37. The summed E-state index contributed by atoms with van der Waals surface area (Å²) >= 11 is 0. The molecule has 1 saturated heterocycles. The van der Waals surface area contributed by atoms with E-state index in [0.29, 0.717) is 30.3 Å². The largest absolute Gasteiger partial charge is 0.381 e. The number of pyridine rings is 1. The molecule has 0 bridgehead atoms. The average Bonchev–Trinajstić information content (AvgIpc) is 3.39. The smallest absolute Gasteiger partial charge is 0.253 e. The zero-order chi connectivity index (χ0) is 23.7. The van der Waals surface area contributed by atoms with Crippen molar-refractivity contribution in [3.8, 4) is 11.4 Å². The first-order chi connectivity index (χ1) is 16.5. The number of amides is 2. The number of fused-ring (bicyclic) bond motifs is 1. The van der Waals surface area contributed by atoms with Gasteiger partial charge >= 0.3 is 0 Å². The lowest BCUT2D eigenvalue weighted by Crippen LogP contribution is -2.39. The molecule has 0 aromatic carbocycles. The molecular formula is C27H34N4O3. The molecule has 0 radical (unpaired) electrons. The molecule has 3 N–H and O–H groups in total. The lowest BCUT2D eigenvalue weighted by atomic mass is 9.89. The van der Waals surface area contributed by atoms with Gasteiger partial charge in [0.05, 0.1) is 28.0 Å². The van der Waals surface area contributed by atoms with Crippen molar-refractivity contribution in [3.63, 3.8) is 0 Å². The molecule has 0 atom stereocenters. The number of primary amides is 1. The van der Waals surface area contributed by atoms with Crippen LogP contribution < -0.4 is 11.1 Å². The van der Waals surface area contributed by atoms with Gasteiger partial charge in [-0.2, -0.15) is 0 Å². The Labute approximate surface area is 200 Å². The maximum atomic E-state index is 13.4. The lowest BCUT2D eigenvalue weighted by molar-refractivity contribution is 0.0696. The van der Waals surface area contributed by atoms with Gasteiger partial charge in [-0.3, -0.25) is 9.59 Å². The molecule has 0 unspecified atom stereocenters. The topological polar surface area (TPSA) is 90.8 Å². The Morgan fingerprint density at radius 3 is 2.50 bits per heavy atom. The van der Waals surface area contributed by atoms with E-state index < -0.39 is 5.91 Å². The van der Waals surface area contributed by atoms with Crippen LogP contribution in [0.15, 0.2) is 36.5 Å². The Morgan fingerprint density at radius 2 is 1.76 bits per heavy atom. The van der Waals surface area contributed by atoms with Crippen LogP contribution in [0, 0.1) is 12.8 Å². The summed E-state index contributed by atoms with van der Waals surface area (Å²) in [4.78, 5) is 25.5. The molecule has 4 heterocycles. The van der Waals surface area contributed by atoms with Crippen LogP contribution in [0.3, 0.4) is 0 Å². The van der Waals surface area contributed by atoms with Gasteiger partial charge in [0, 0.05) is 37.7 Å². The van der Waals surface area contributed by atoms with Crippen LogP contribution in [-0.4, -0.2) is 40.0 Å². The molecule has 3 aromatic rings. The first-order valence-electron chi connectivity index (χ1n) is 12.5. The molecule has 7 heteroatoms.